The van der Waals surface area contributed by atoms with Crippen molar-refractivity contribution in [1.82, 2.24) is 5.32 Å². The van der Waals surface area contributed by atoms with Crippen molar-refractivity contribution >= 4 is 0 Å². The van der Waals surface area contributed by atoms with Crippen molar-refractivity contribution in [2.24, 2.45) is 0 Å². The Morgan fingerprint density at radius 3 is 2.22 bits per heavy atom. The average molecular weight is 247 g/mol. The summed E-state index contributed by atoms with van der Waals surface area (Å²) in [5.74, 6) is -0.467. The van der Waals surface area contributed by atoms with E-state index in [1.54, 1.807) is 24.3 Å². The molecule has 0 spiro atoms. The molecule has 0 amide bonds. The van der Waals surface area contributed by atoms with E-state index in [1.165, 1.54) is 12.1 Å². The number of hydrogen-bond acceptors (Lipinski definition) is 1. The molecule has 0 fully saturated rings. The van der Waals surface area contributed by atoms with Crippen LogP contribution in [-0.4, -0.2) is 0 Å². The van der Waals surface area contributed by atoms with Gasteiger partial charge in [0.2, 0.25) is 0 Å². The number of halogens is 2. The Kier molecular flexibility index (Phi) is 4.05. The van der Waals surface area contributed by atoms with Crippen molar-refractivity contribution in [3.05, 3.63) is 70.8 Å². The summed E-state index contributed by atoms with van der Waals surface area (Å²) in [4.78, 5) is 0. The van der Waals surface area contributed by atoms with Crippen molar-refractivity contribution in [2.75, 3.05) is 0 Å². The molecule has 2 aromatic carbocycles. The predicted molar refractivity (Wildman–Crippen MR) is 68.1 cm³/mol. The summed E-state index contributed by atoms with van der Waals surface area (Å²) in [5, 5.41) is 3.04. The zero-order valence-corrected chi connectivity index (χ0v) is 10.2. The number of aryl methyl sites for hydroxylation is 1. The lowest BCUT2D eigenvalue weighted by Gasteiger charge is -2.07. The van der Waals surface area contributed by atoms with Crippen molar-refractivity contribution in [2.45, 2.75) is 20.0 Å². The van der Waals surface area contributed by atoms with E-state index in [0.29, 0.717) is 24.2 Å². The van der Waals surface area contributed by atoms with Gasteiger partial charge in [-0.3, -0.25) is 0 Å². The summed E-state index contributed by atoms with van der Waals surface area (Å²) in [6, 6.07) is 11.7. The van der Waals surface area contributed by atoms with Crippen LogP contribution in [0.1, 0.15) is 16.7 Å². The fourth-order valence-electron chi connectivity index (χ4n) is 1.77. The van der Waals surface area contributed by atoms with Crippen LogP contribution >= 0.6 is 0 Å². The number of benzene rings is 2. The SMILES string of the molecule is Cc1ccc(CNCc2ccccc2F)c(F)c1. The van der Waals surface area contributed by atoms with Crippen LogP contribution < -0.4 is 5.32 Å². The molecule has 0 atom stereocenters. The van der Waals surface area contributed by atoms with E-state index in [4.69, 9.17) is 0 Å². The largest absolute Gasteiger partial charge is 0.308 e. The molecular weight excluding hydrogens is 232 g/mol. The fraction of sp³-hybridized carbons (Fsp3) is 0.200. The van der Waals surface area contributed by atoms with Crippen molar-refractivity contribution < 1.29 is 8.78 Å². The van der Waals surface area contributed by atoms with Gasteiger partial charge in [-0.15, -0.1) is 0 Å². The highest BCUT2D eigenvalue weighted by Crippen LogP contribution is 2.10. The maximum absolute atomic E-state index is 13.5. The van der Waals surface area contributed by atoms with Gasteiger partial charge < -0.3 is 5.32 Å². The molecule has 3 heteroatoms. The lowest BCUT2D eigenvalue weighted by molar-refractivity contribution is 0.569. The maximum atomic E-state index is 13.5. The van der Waals surface area contributed by atoms with Crippen LogP contribution in [0.5, 0.6) is 0 Å². The molecule has 0 unspecified atom stereocenters. The second kappa shape index (κ2) is 5.74. The lowest BCUT2D eigenvalue weighted by atomic mass is 10.1. The zero-order chi connectivity index (χ0) is 13.0. The summed E-state index contributed by atoms with van der Waals surface area (Å²) in [6.45, 7) is 2.63. The molecule has 0 saturated heterocycles. The van der Waals surface area contributed by atoms with E-state index in [9.17, 15) is 8.78 Å². The minimum atomic E-state index is -0.241. The molecule has 1 N–H and O–H groups in total. The number of hydrogen-bond donors (Lipinski definition) is 1. The summed E-state index contributed by atoms with van der Waals surface area (Å²) in [6.07, 6.45) is 0. The second-order valence-corrected chi connectivity index (χ2v) is 4.29. The van der Waals surface area contributed by atoms with E-state index >= 15 is 0 Å². The zero-order valence-electron chi connectivity index (χ0n) is 10.2. The normalized spacial score (nSPS) is 10.6. The first-order valence-corrected chi connectivity index (χ1v) is 5.86. The Hall–Kier alpha value is -1.74. The highest BCUT2D eigenvalue weighted by atomic mass is 19.1. The third-order valence-corrected chi connectivity index (χ3v) is 2.80. The molecule has 18 heavy (non-hydrogen) atoms. The Morgan fingerprint density at radius 1 is 0.889 bits per heavy atom. The Morgan fingerprint density at radius 2 is 1.56 bits per heavy atom. The molecule has 2 aromatic rings. The minimum absolute atomic E-state index is 0.226. The van der Waals surface area contributed by atoms with E-state index < -0.39 is 0 Å². The Labute approximate surface area is 105 Å². The highest BCUT2D eigenvalue weighted by molar-refractivity contribution is 5.23. The van der Waals surface area contributed by atoms with Crippen molar-refractivity contribution in [3.63, 3.8) is 0 Å². The second-order valence-electron chi connectivity index (χ2n) is 4.29. The first-order valence-electron chi connectivity index (χ1n) is 5.86. The third-order valence-electron chi connectivity index (χ3n) is 2.80. The van der Waals surface area contributed by atoms with E-state index in [1.807, 2.05) is 13.0 Å². The average Bonchev–Trinajstić information content (AvgIpc) is 2.34. The van der Waals surface area contributed by atoms with E-state index in [0.717, 1.165) is 5.56 Å². The van der Waals surface area contributed by atoms with Gasteiger partial charge in [0.15, 0.2) is 0 Å². The monoisotopic (exact) mass is 247 g/mol. The molecular formula is C15H15F2N. The van der Waals surface area contributed by atoms with Gasteiger partial charge in [-0.05, 0) is 24.6 Å². The number of rotatable bonds is 4. The standard InChI is InChI=1S/C15H15F2N/c1-11-6-7-13(15(17)8-11)10-18-9-12-4-2-3-5-14(12)16/h2-8,18H,9-10H2,1H3. The smallest absolute Gasteiger partial charge is 0.127 e. The molecule has 2 rings (SSSR count). The molecule has 0 radical (unpaired) electrons. The lowest BCUT2D eigenvalue weighted by Crippen LogP contribution is -2.14. The maximum Gasteiger partial charge on any atom is 0.127 e. The van der Waals surface area contributed by atoms with Gasteiger partial charge in [0.25, 0.3) is 0 Å². The van der Waals surface area contributed by atoms with Gasteiger partial charge in [0.05, 0.1) is 0 Å². The van der Waals surface area contributed by atoms with Crippen LogP contribution in [0.4, 0.5) is 8.78 Å². The molecule has 0 aromatic heterocycles. The van der Waals surface area contributed by atoms with Crippen LogP contribution in [0.25, 0.3) is 0 Å². The third kappa shape index (κ3) is 3.14. The highest BCUT2D eigenvalue weighted by Gasteiger charge is 2.03. The van der Waals surface area contributed by atoms with Gasteiger partial charge in [0.1, 0.15) is 11.6 Å². The van der Waals surface area contributed by atoms with Gasteiger partial charge in [-0.1, -0.05) is 30.3 Å². The molecule has 0 saturated carbocycles. The predicted octanol–water partition coefficient (Wildman–Crippen LogP) is 3.56. The van der Waals surface area contributed by atoms with E-state index in [-0.39, 0.29) is 11.6 Å². The summed E-state index contributed by atoms with van der Waals surface area (Å²) >= 11 is 0. The van der Waals surface area contributed by atoms with Gasteiger partial charge in [-0.25, -0.2) is 8.78 Å². The molecule has 1 nitrogen and oxygen atoms in total. The van der Waals surface area contributed by atoms with Crippen LogP contribution in [0.2, 0.25) is 0 Å². The quantitative estimate of drug-likeness (QED) is 0.871. The van der Waals surface area contributed by atoms with Crippen LogP contribution in [0, 0.1) is 18.6 Å². The van der Waals surface area contributed by atoms with Crippen molar-refractivity contribution in [3.8, 4) is 0 Å². The first-order chi connectivity index (χ1) is 8.66. The van der Waals surface area contributed by atoms with Gasteiger partial charge >= 0.3 is 0 Å². The van der Waals surface area contributed by atoms with Crippen LogP contribution in [0.15, 0.2) is 42.5 Å². The van der Waals surface area contributed by atoms with E-state index in [2.05, 4.69) is 5.32 Å². The molecule has 0 aliphatic heterocycles. The molecule has 0 aliphatic rings. The summed E-state index contributed by atoms with van der Waals surface area (Å²) in [5.41, 5.74) is 2.08. The Bertz CT molecular complexity index is 538. The topological polar surface area (TPSA) is 12.0 Å². The van der Waals surface area contributed by atoms with Crippen LogP contribution in [-0.2, 0) is 13.1 Å². The molecule has 94 valence electrons. The van der Waals surface area contributed by atoms with Crippen molar-refractivity contribution in [1.29, 1.82) is 0 Å². The minimum Gasteiger partial charge on any atom is -0.308 e. The number of nitrogens with one attached hydrogen (secondary N) is 1. The molecule has 0 heterocycles. The molecule has 0 aliphatic carbocycles. The Balaban J connectivity index is 1.95. The molecule has 0 bridgehead atoms. The van der Waals surface area contributed by atoms with Gasteiger partial charge in [0, 0.05) is 24.2 Å². The first kappa shape index (κ1) is 12.7. The fourth-order valence-corrected chi connectivity index (χ4v) is 1.77. The summed E-state index contributed by atoms with van der Waals surface area (Å²) in [7, 11) is 0. The van der Waals surface area contributed by atoms with Crippen LogP contribution in [0.3, 0.4) is 0 Å². The summed E-state index contributed by atoms with van der Waals surface area (Å²) < 4.78 is 26.9. The van der Waals surface area contributed by atoms with Gasteiger partial charge in [-0.2, -0.15) is 0 Å².